The van der Waals surface area contributed by atoms with Crippen molar-refractivity contribution < 1.29 is 13.2 Å². The highest BCUT2D eigenvalue weighted by Gasteiger charge is 2.30. The molecule has 0 radical (unpaired) electrons. The molecule has 0 N–H and O–H groups in total. The van der Waals surface area contributed by atoms with E-state index < -0.39 is 11.7 Å². The van der Waals surface area contributed by atoms with Crippen molar-refractivity contribution in [3.05, 3.63) is 59.2 Å². The van der Waals surface area contributed by atoms with Crippen molar-refractivity contribution in [1.29, 1.82) is 0 Å². The van der Waals surface area contributed by atoms with Crippen molar-refractivity contribution in [2.75, 3.05) is 0 Å². The Balaban J connectivity index is 2.47. The van der Waals surface area contributed by atoms with Crippen LogP contribution < -0.4 is 0 Å². The fourth-order valence-corrected chi connectivity index (χ4v) is 2.11. The Labute approximate surface area is 110 Å². The quantitative estimate of drug-likeness (QED) is 0.695. The number of benzene rings is 2. The van der Waals surface area contributed by atoms with Crippen molar-refractivity contribution in [3.8, 4) is 11.1 Å². The molecule has 0 aromatic heterocycles. The zero-order chi connectivity index (χ0) is 14.0. The first-order valence-corrected chi connectivity index (χ1v) is 6.19. The number of hydrogen-bond donors (Lipinski definition) is 0. The predicted octanol–water partition coefficient (Wildman–Crippen LogP) is 5.24. The second-order valence-electron chi connectivity index (χ2n) is 4.57. The lowest BCUT2D eigenvalue weighted by molar-refractivity contribution is -0.137. The average Bonchev–Trinajstić information content (AvgIpc) is 2.38. The minimum atomic E-state index is -4.30. The molecule has 0 bridgehead atoms. The van der Waals surface area contributed by atoms with Gasteiger partial charge in [-0.2, -0.15) is 13.2 Å². The highest BCUT2D eigenvalue weighted by molar-refractivity contribution is 5.65. The van der Waals surface area contributed by atoms with Crippen LogP contribution in [0.5, 0.6) is 0 Å². The van der Waals surface area contributed by atoms with E-state index in [2.05, 4.69) is 0 Å². The van der Waals surface area contributed by atoms with Crippen LogP contribution in [0.2, 0.25) is 0 Å². The van der Waals surface area contributed by atoms with Crippen LogP contribution in [0, 0.1) is 6.92 Å². The van der Waals surface area contributed by atoms with E-state index in [0.29, 0.717) is 5.56 Å². The molecular formula is C16H15F3. The molecule has 0 aliphatic rings. The molecule has 2 aromatic rings. The predicted molar refractivity (Wildman–Crippen MR) is 71.0 cm³/mol. The van der Waals surface area contributed by atoms with E-state index in [1.165, 1.54) is 17.7 Å². The molecule has 0 unspecified atom stereocenters. The SMILES string of the molecule is CCc1cc(-c2cccc(C(F)(F)F)c2)ccc1C. The Morgan fingerprint density at radius 1 is 0.947 bits per heavy atom. The van der Waals surface area contributed by atoms with Gasteiger partial charge >= 0.3 is 6.18 Å². The van der Waals surface area contributed by atoms with Gasteiger partial charge in [-0.25, -0.2) is 0 Å². The number of rotatable bonds is 2. The molecule has 3 heteroatoms. The third-order valence-electron chi connectivity index (χ3n) is 3.25. The summed E-state index contributed by atoms with van der Waals surface area (Å²) in [5.41, 5.74) is 3.15. The molecule has 0 saturated carbocycles. The van der Waals surface area contributed by atoms with E-state index in [1.807, 2.05) is 32.0 Å². The molecule has 0 amide bonds. The van der Waals surface area contributed by atoms with Gasteiger partial charge in [0.05, 0.1) is 5.56 Å². The molecule has 0 fully saturated rings. The second-order valence-corrected chi connectivity index (χ2v) is 4.57. The minimum Gasteiger partial charge on any atom is -0.166 e. The molecule has 0 aliphatic heterocycles. The highest BCUT2D eigenvalue weighted by Crippen LogP contribution is 2.32. The fourth-order valence-electron chi connectivity index (χ4n) is 2.11. The molecule has 0 heterocycles. The summed E-state index contributed by atoms with van der Waals surface area (Å²) in [6, 6.07) is 11.2. The van der Waals surface area contributed by atoms with Crippen LogP contribution in [0.1, 0.15) is 23.6 Å². The topological polar surface area (TPSA) is 0 Å². The van der Waals surface area contributed by atoms with Crippen molar-refractivity contribution in [2.24, 2.45) is 0 Å². The minimum absolute atomic E-state index is 0.601. The summed E-state index contributed by atoms with van der Waals surface area (Å²) in [6.45, 7) is 4.05. The molecule has 2 aromatic carbocycles. The summed E-state index contributed by atoms with van der Waals surface area (Å²) in [6.07, 6.45) is -3.42. The van der Waals surface area contributed by atoms with Crippen LogP contribution in [0.25, 0.3) is 11.1 Å². The van der Waals surface area contributed by atoms with Crippen molar-refractivity contribution in [3.63, 3.8) is 0 Å². The van der Waals surface area contributed by atoms with E-state index in [1.54, 1.807) is 6.07 Å². The number of hydrogen-bond acceptors (Lipinski definition) is 0. The molecule has 19 heavy (non-hydrogen) atoms. The van der Waals surface area contributed by atoms with E-state index in [9.17, 15) is 13.2 Å². The molecule has 2 rings (SSSR count). The zero-order valence-corrected chi connectivity index (χ0v) is 10.9. The maximum atomic E-state index is 12.7. The maximum absolute atomic E-state index is 12.7. The largest absolute Gasteiger partial charge is 0.416 e. The first-order valence-electron chi connectivity index (χ1n) is 6.19. The fraction of sp³-hybridized carbons (Fsp3) is 0.250. The van der Waals surface area contributed by atoms with Crippen LogP contribution in [-0.2, 0) is 12.6 Å². The van der Waals surface area contributed by atoms with E-state index in [-0.39, 0.29) is 0 Å². The summed E-state index contributed by atoms with van der Waals surface area (Å²) in [4.78, 5) is 0. The van der Waals surface area contributed by atoms with Crippen LogP contribution in [-0.4, -0.2) is 0 Å². The van der Waals surface area contributed by atoms with E-state index in [4.69, 9.17) is 0 Å². The Morgan fingerprint density at radius 2 is 1.63 bits per heavy atom. The normalized spacial score (nSPS) is 11.6. The van der Waals surface area contributed by atoms with Gasteiger partial charge in [0.15, 0.2) is 0 Å². The zero-order valence-electron chi connectivity index (χ0n) is 10.9. The second kappa shape index (κ2) is 5.08. The lowest BCUT2D eigenvalue weighted by Crippen LogP contribution is -2.04. The van der Waals surface area contributed by atoms with Gasteiger partial charge in [-0.1, -0.05) is 37.3 Å². The third-order valence-corrected chi connectivity index (χ3v) is 3.25. The van der Waals surface area contributed by atoms with E-state index >= 15 is 0 Å². The Hall–Kier alpha value is -1.77. The molecule has 0 aliphatic carbocycles. The highest BCUT2D eigenvalue weighted by atomic mass is 19.4. The van der Waals surface area contributed by atoms with Crippen molar-refractivity contribution in [1.82, 2.24) is 0 Å². The molecule has 0 spiro atoms. The van der Waals surface area contributed by atoms with Gasteiger partial charge in [-0.3, -0.25) is 0 Å². The van der Waals surface area contributed by atoms with Gasteiger partial charge in [0, 0.05) is 0 Å². The van der Waals surface area contributed by atoms with Gasteiger partial charge in [-0.15, -0.1) is 0 Å². The monoisotopic (exact) mass is 264 g/mol. The molecule has 0 atom stereocenters. The van der Waals surface area contributed by atoms with E-state index in [0.717, 1.165) is 23.6 Å². The first kappa shape index (κ1) is 13.7. The van der Waals surface area contributed by atoms with Gasteiger partial charge in [-0.05, 0) is 47.7 Å². The van der Waals surface area contributed by atoms with Crippen LogP contribution >= 0.6 is 0 Å². The van der Waals surface area contributed by atoms with Crippen LogP contribution in [0.4, 0.5) is 13.2 Å². The van der Waals surface area contributed by atoms with Gasteiger partial charge < -0.3 is 0 Å². The Kier molecular flexibility index (Phi) is 3.65. The van der Waals surface area contributed by atoms with Crippen LogP contribution in [0.3, 0.4) is 0 Å². The van der Waals surface area contributed by atoms with Gasteiger partial charge in [0.1, 0.15) is 0 Å². The third kappa shape index (κ3) is 2.98. The van der Waals surface area contributed by atoms with Gasteiger partial charge in [0.2, 0.25) is 0 Å². The number of alkyl halides is 3. The molecular weight excluding hydrogens is 249 g/mol. The van der Waals surface area contributed by atoms with Crippen molar-refractivity contribution >= 4 is 0 Å². The summed E-state index contributed by atoms with van der Waals surface area (Å²) in [5.74, 6) is 0. The number of aryl methyl sites for hydroxylation is 2. The van der Waals surface area contributed by atoms with Gasteiger partial charge in [0.25, 0.3) is 0 Å². The Bertz CT molecular complexity index is 583. The molecule has 0 nitrogen and oxygen atoms in total. The Morgan fingerprint density at radius 3 is 2.26 bits per heavy atom. The lowest BCUT2D eigenvalue weighted by atomic mass is 9.97. The molecule has 0 saturated heterocycles. The van der Waals surface area contributed by atoms with Crippen molar-refractivity contribution in [2.45, 2.75) is 26.4 Å². The standard InChI is InChI=1S/C16H15F3/c1-3-12-9-14(8-7-11(12)2)13-5-4-6-15(10-13)16(17,18)19/h4-10H,3H2,1-2H3. The summed E-state index contributed by atoms with van der Waals surface area (Å²) >= 11 is 0. The summed E-state index contributed by atoms with van der Waals surface area (Å²) < 4.78 is 38.1. The number of halogens is 3. The lowest BCUT2D eigenvalue weighted by Gasteiger charge is -2.10. The smallest absolute Gasteiger partial charge is 0.166 e. The first-order chi connectivity index (χ1) is 8.91. The summed E-state index contributed by atoms with van der Waals surface area (Å²) in [5, 5.41) is 0. The average molecular weight is 264 g/mol. The van der Waals surface area contributed by atoms with Crippen LogP contribution in [0.15, 0.2) is 42.5 Å². The maximum Gasteiger partial charge on any atom is 0.416 e. The molecule has 100 valence electrons. The summed E-state index contributed by atoms with van der Waals surface area (Å²) in [7, 11) is 0.